The average Bonchev–Trinajstić information content (AvgIpc) is 3.06. The van der Waals surface area contributed by atoms with E-state index in [0.717, 1.165) is 18.7 Å². The molecule has 0 unspecified atom stereocenters. The summed E-state index contributed by atoms with van der Waals surface area (Å²) in [6, 6.07) is 20.4. The van der Waals surface area contributed by atoms with Gasteiger partial charge in [-0.3, -0.25) is 0 Å². The Labute approximate surface area is 130 Å². The predicted molar refractivity (Wildman–Crippen MR) is 87.1 cm³/mol. The van der Waals surface area contributed by atoms with E-state index in [2.05, 4.69) is 52.0 Å². The first-order chi connectivity index (χ1) is 10.9. The summed E-state index contributed by atoms with van der Waals surface area (Å²) >= 11 is 0. The number of para-hydroxylation sites is 1. The minimum Gasteiger partial charge on any atom is -0.352 e. The Bertz CT molecular complexity index is 693. The molecule has 0 aliphatic carbocycles. The lowest BCUT2D eigenvalue weighted by atomic mass is 9.97. The van der Waals surface area contributed by atoms with Gasteiger partial charge in [0.2, 0.25) is 5.95 Å². The van der Waals surface area contributed by atoms with Crippen molar-refractivity contribution in [3.8, 4) is 5.69 Å². The first-order valence-corrected chi connectivity index (χ1v) is 7.51. The van der Waals surface area contributed by atoms with Crippen molar-refractivity contribution in [1.29, 1.82) is 0 Å². The highest BCUT2D eigenvalue weighted by Gasteiger charge is 2.12. The van der Waals surface area contributed by atoms with Crippen molar-refractivity contribution in [3.63, 3.8) is 0 Å². The summed E-state index contributed by atoms with van der Waals surface area (Å²) in [5.41, 5.74) is 2.28. The van der Waals surface area contributed by atoms with Gasteiger partial charge in [0.15, 0.2) is 0 Å². The average molecular weight is 293 g/mol. The van der Waals surface area contributed by atoms with Crippen LogP contribution in [0.15, 0.2) is 60.7 Å². The van der Waals surface area contributed by atoms with Crippen LogP contribution in [-0.4, -0.2) is 26.8 Å². The van der Waals surface area contributed by atoms with Crippen molar-refractivity contribution in [2.45, 2.75) is 19.3 Å². The van der Waals surface area contributed by atoms with Gasteiger partial charge in [-0.1, -0.05) is 60.6 Å². The second-order valence-electron chi connectivity index (χ2n) is 5.15. The second kappa shape index (κ2) is 6.85. The van der Waals surface area contributed by atoms with Crippen LogP contribution in [0, 0.1) is 0 Å². The van der Waals surface area contributed by atoms with Crippen LogP contribution in [0.1, 0.15) is 24.8 Å². The Morgan fingerprint density at radius 1 is 1.00 bits per heavy atom. The maximum atomic E-state index is 4.08. The molecule has 0 aliphatic heterocycles. The highest BCUT2D eigenvalue weighted by molar-refractivity contribution is 5.38. The third-order valence-electron chi connectivity index (χ3n) is 3.74. The van der Waals surface area contributed by atoms with Gasteiger partial charge in [-0.05, 0) is 34.5 Å². The largest absolute Gasteiger partial charge is 0.352 e. The summed E-state index contributed by atoms with van der Waals surface area (Å²) in [5, 5.41) is 15.3. The molecule has 0 saturated heterocycles. The van der Waals surface area contributed by atoms with Crippen molar-refractivity contribution in [2.24, 2.45) is 0 Å². The molecule has 3 aromatic rings. The quantitative estimate of drug-likeness (QED) is 0.758. The number of rotatable bonds is 6. The highest BCUT2D eigenvalue weighted by Crippen LogP contribution is 2.20. The smallest absolute Gasteiger partial charge is 0.247 e. The van der Waals surface area contributed by atoms with Crippen LogP contribution >= 0.6 is 0 Å². The Morgan fingerprint density at radius 3 is 2.36 bits per heavy atom. The molecule has 5 heteroatoms. The molecular weight excluding hydrogens is 274 g/mol. The van der Waals surface area contributed by atoms with Crippen LogP contribution in [0.5, 0.6) is 0 Å². The zero-order valence-electron chi connectivity index (χ0n) is 12.6. The third kappa shape index (κ3) is 3.14. The summed E-state index contributed by atoms with van der Waals surface area (Å²) in [5.74, 6) is 1.10. The fourth-order valence-electron chi connectivity index (χ4n) is 2.48. The molecule has 0 bridgehead atoms. The molecule has 0 saturated carbocycles. The molecular formula is C17H19N5. The van der Waals surface area contributed by atoms with E-state index in [-0.39, 0.29) is 0 Å². The van der Waals surface area contributed by atoms with Gasteiger partial charge in [-0.15, -0.1) is 0 Å². The molecule has 22 heavy (non-hydrogen) atoms. The van der Waals surface area contributed by atoms with Crippen molar-refractivity contribution >= 4 is 5.95 Å². The van der Waals surface area contributed by atoms with Crippen molar-refractivity contribution in [2.75, 3.05) is 11.9 Å². The number of benzene rings is 2. The summed E-state index contributed by atoms with van der Waals surface area (Å²) in [6.07, 6.45) is 1.06. The summed E-state index contributed by atoms with van der Waals surface area (Å²) in [4.78, 5) is 0. The molecule has 3 rings (SSSR count). The molecule has 0 fully saturated rings. The topological polar surface area (TPSA) is 55.6 Å². The van der Waals surface area contributed by atoms with Crippen LogP contribution in [0.3, 0.4) is 0 Å². The molecule has 2 aromatic carbocycles. The van der Waals surface area contributed by atoms with Gasteiger partial charge in [0.25, 0.3) is 0 Å². The number of nitrogens with zero attached hydrogens (tertiary/aromatic N) is 4. The number of nitrogens with one attached hydrogen (secondary N) is 1. The maximum Gasteiger partial charge on any atom is 0.247 e. The normalized spacial score (nSPS) is 12.0. The molecule has 5 nitrogen and oxygen atoms in total. The van der Waals surface area contributed by atoms with Gasteiger partial charge in [0.1, 0.15) is 0 Å². The van der Waals surface area contributed by atoms with Gasteiger partial charge >= 0.3 is 0 Å². The fraction of sp³-hybridized carbons (Fsp3) is 0.235. The van der Waals surface area contributed by atoms with E-state index in [4.69, 9.17) is 0 Å². The minimum absolute atomic E-state index is 0.433. The number of aromatic nitrogens is 4. The molecule has 0 spiro atoms. The monoisotopic (exact) mass is 293 g/mol. The van der Waals surface area contributed by atoms with Crippen LogP contribution < -0.4 is 5.32 Å². The minimum atomic E-state index is 0.433. The molecule has 1 N–H and O–H groups in total. The van der Waals surface area contributed by atoms with E-state index in [9.17, 15) is 0 Å². The molecule has 1 heterocycles. The van der Waals surface area contributed by atoms with Crippen LogP contribution in [0.2, 0.25) is 0 Å². The molecule has 112 valence electrons. The second-order valence-corrected chi connectivity index (χ2v) is 5.15. The lowest BCUT2D eigenvalue weighted by Gasteiger charge is -2.16. The molecule has 0 radical (unpaired) electrons. The Hall–Kier alpha value is -2.69. The molecule has 0 aliphatic rings. The van der Waals surface area contributed by atoms with Gasteiger partial charge in [0.05, 0.1) is 5.69 Å². The van der Waals surface area contributed by atoms with Crippen molar-refractivity contribution in [3.05, 3.63) is 66.2 Å². The lowest BCUT2D eigenvalue weighted by molar-refractivity contribution is 0.688. The Morgan fingerprint density at radius 2 is 1.68 bits per heavy atom. The Kier molecular flexibility index (Phi) is 4.44. The van der Waals surface area contributed by atoms with Gasteiger partial charge in [-0.25, -0.2) is 0 Å². The number of hydrogen-bond acceptors (Lipinski definition) is 4. The lowest BCUT2D eigenvalue weighted by Crippen LogP contribution is -2.15. The van der Waals surface area contributed by atoms with E-state index >= 15 is 0 Å². The maximum absolute atomic E-state index is 4.08. The summed E-state index contributed by atoms with van der Waals surface area (Å²) in [6.45, 7) is 2.99. The first kappa shape index (κ1) is 14.3. The summed E-state index contributed by atoms with van der Waals surface area (Å²) in [7, 11) is 0. The van der Waals surface area contributed by atoms with Crippen molar-refractivity contribution < 1.29 is 0 Å². The van der Waals surface area contributed by atoms with Crippen LogP contribution in [0.4, 0.5) is 5.95 Å². The van der Waals surface area contributed by atoms with E-state index in [0.29, 0.717) is 11.9 Å². The fourth-order valence-corrected chi connectivity index (χ4v) is 2.48. The number of anilines is 1. The van der Waals surface area contributed by atoms with Crippen LogP contribution in [0.25, 0.3) is 5.69 Å². The Balaban J connectivity index is 1.73. The standard InChI is InChI=1S/C17H19N5/c1-2-14(15-9-5-3-6-10-15)13-18-17-19-20-21-22(17)16-11-7-4-8-12-16/h3-12,14H,2,13H2,1H3,(H,18,19,21)/t14-/m0/s1. The number of hydrogen-bond donors (Lipinski definition) is 1. The third-order valence-corrected chi connectivity index (χ3v) is 3.74. The van der Waals surface area contributed by atoms with E-state index in [1.54, 1.807) is 4.68 Å². The van der Waals surface area contributed by atoms with Crippen molar-refractivity contribution in [1.82, 2.24) is 20.2 Å². The van der Waals surface area contributed by atoms with E-state index in [1.165, 1.54) is 5.56 Å². The zero-order chi connectivity index (χ0) is 15.2. The number of tetrazole rings is 1. The molecule has 0 amide bonds. The molecule has 1 aromatic heterocycles. The molecule has 1 atom stereocenters. The summed E-state index contributed by atoms with van der Waals surface area (Å²) < 4.78 is 1.72. The van der Waals surface area contributed by atoms with Crippen LogP contribution in [-0.2, 0) is 0 Å². The van der Waals surface area contributed by atoms with E-state index < -0.39 is 0 Å². The van der Waals surface area contributed by atoms with E-state index in [1.807, 2.05) is 36.4 Å². The highest BCUT2D eigenvalue weighted by atomic mass is 15.6. The van der Waals surface area contributed by atoms with Gasteiger partial charge in [-0.2, -0.15) is 4.68 Å². The predicted octanol–water partition coefficient (Wildman–Crippen LogP) is 3.27. The van der Waals surface area contributed by atoms with Gasteiger partial charge in [0, 0.05) is 12.5 Å². The SMILES string of the molecule is CC[C@@H](CNc1nnnn1-c1ccccc1)c1ccccc1. The zero-order valence-corrected chi connectivity index (χ0v) is 12.6. The van der Waals surface area contributed by atoms with Gasteiger partial charge < -0.3 is 5.32 Å². The first-order valence-electron chi connectivity index (χ1n) is 7.51.